The van der Waals surface area contributed by atoms with E-state index in [1.54, 1.807) is 0 Å². The molecular weight excluding hydrogens is 325 g/mol. The highest BCUT2D eigenvalue weighted by Gasteiger charge is 2.16. The fourth-order valence-corrected chi connectivity index (χ4v) is 2.45. The van der Waals surface area contributed by atoms with Gasteiger partial charge in [-0.1, -0.05) is 6.92 Å². The van der Waals surface area contributed by atoms with E-state index in [1.165, 1.54) is 11.5 Å². The molecule has 6 heteroatoms. The van der Waals surface area contributed by atoms with Gasteiger partial charge in [-0.25, -0.2) is 0 Å². The van der Waals surface area contributed by atoms with Gasteiger partial charge in [0.15, 0.2) is 5.69 Å². The molecule has 1 aromatic rings. The van der Waals surface area contributed by atoms with Gasteiger partial charge >= 0.3 is 0 Å². The van der Waals surface area contributed by atoms with Crippen LogP contribution in [0.1, 0.15) is 30.3 Å². The quantitative estimate of drug-likeness (QED) is 0.858. The lowest BCUT2D eigenvalue weighted by Gasteiger charge is -2.12. The molecule has 1 heterocycles. The molecule has 1 aromatic heterocycles. The molecule has 0 saturated heterocycles. The van der Waals surface area contributed by atoms with Crippen molar-refractivity contribution in [3.05, 3.63) is 14.6 Å². The Bertz CT molecular complexity index is 385. The van der Waals surface area contributed by atoms with Crippen LogP contribution in [0.15, 0.2) is 5.38 Å². The number of hydrogen-bond acceptors (Lipinski definition) is 4. The van der Waals surface area contributed by atoms with Crippen LogP contribution in [0.25, 0.3) is 0 Å². The smallest absolute Gasteiger partial charge is 0.272 e. The second-order valence-electron chi connectivity index (χ2n) is 2.95. The first-order valence-corrected chi connectivity index (χ1v) is 6.38. The Morgan fingerprint density at radius 3 is 3.07 bits per heavy atom. The van der Waals surface area contributed by atoms with Crippen LogP contribution in [-0.4, -0.2) is 16.3 Å². The highest BCUT2D eigenvalue weighted by Crippen LogP contribution is 2.13. The predicted molar refractivity (Wildman–Crippen MR) is 66.6 cm³/mol. The minimum atomic E-state index is -0.192. The Morgan fingerprint density at radius 2 is 2.60 bits per heavy atom. The van der Waals surface area contributed by atoms with E-state index in [1.807, 2.05) is 18.4 Å². The summed E-state index contributed by atoms with van der Waals surface area (Å²) in [5, 5.41) is 13.2. The van der Waals surface area contributed by atoms with Crippen LogP contribution in [0, 0.1) is 14.9 Å². The molecule has 0 fully saturated rings. The van der Waals surface area contributed by atoms with Gasteiger partial charge in [-0.05, 0) is 40.5 Å². The van der Waals surface area contributed by atoms with Crippen LogP contribution in [0.2, 0.25) is 0 Å². The first-order chi connectivity index (χ1) is 7.19. The van der Waals surface area contributed by atoms with E-state index in [0.717, 1.165) is 9.99 Å². The second kappa shape index (κ2) is 6.02. The van der Waals surface area contributed by atoms with Crippen molar-refractivity contribution in [1.82, 2.24) is 9.69 Å². The lowest BCUT2D eigenvalue weighted by molar-refractivity contribution is 0.0932. The van der Waals surface area contributed by atoms with Crippen molar-refractivity contribution in [3.63, 3.8) is 0 Å². The SMILES string of the molecule is CCC(CC#N)NC(=O)c1nscc1I. The maximum absolute atomic E-state index is 11.7. The van der Waals surface area contributed by atoms with Crippen LogP contribution in [0.5, 0.6) is 0 Å². The zero-order valence-corrected chi connectivity index (χ0v) is 11.1. The summed E-state index contributed by atoms with van der Waals surface area (Å²) in [6, 6.07) is 1.97. The van der Waals surface area contributed by atoms with Crippen LogP contribution in [0.4, 0.5) is 0 Å². The van der Waals surface area contributed by atoms with E-state index in [0.29, 0.717) is 12.1 Å². The number of halogens is 1. The molecule has 15 heavy (non-hydrogen) atoms. The van der Waals surface area contributed by atoms with Crippen molar-refractivity contribution in [2.45, 2.75) is 25.8 Å². The standard InChI is InChI=1S/C9H10IN3OS/c1-2-6(3-4-11)12-9(14)8-7(10)5-15-13-8/h5-6H,2-3H2,1H3,(H,12,14). The van der Waals surface area contributed by atoms with E-state index in [-0.39, 0.29) is 11.9 Å². The molecule has 1 unspecified atom stereocenters. The molecule has 0 radical (unpaired) electrons. The zero-order valence-electron chi connectivity index (χ0n) is 8.16. The van der Waals surface area contributed by atoms with E-state index < -0.39 is 0 Å². The van der Waals surface area contributed by atoms with E-state index in [2.05, 4.69) is 32.3 Å². The van der Waals surface area contributed by atoms with Gasteiger partial charge in [0.2, 0.25) is 0 Å². The molecule has 0 aliphatic carbocycles. The number of nitrogens with one attached hydrogen (secondary N) is 1. The fourth-order valence-electron chi connectivity index (χ4n) is 1.04. The average Bonchev–Trinajstić information content (AvgIpc) is 2.63. The van der Waals surface area contributed by atoms with Gasteiger partial charge in [0.1, 0.15) is 0 Å². The third kappa shape index (κ3) is 3.43. The Hall–Kier alpha value is -0.680. The number of hydrogen-bond donors (Lipinski definition) is 1. The summed E-state index contributed by atoms with van der Waals surface area (Å²) >= 11 is 3.33. The monoisotopic (exact) mass is 335 g/mol. The molecule has 0 spiro atoms. The van der Waals surface area contributed by atoms with Crippen molar-refractivity contribution in [3.8, 4) is 6.07 Å². The highest BCUT2D eigenvalue weighted by molar-refractivity contribution is 14.1. The normalized spacial score (nSPS) is 11.8. The summed E-state index contributed by atoms with van der Waals surface area (Å²) in [6.45, 7) is 1.94. The molecule has 80 valence electrons. The van der Waals surface area contributed by atoms with E-state index >= 15 is 0 Å². The summed E-state index contributed by atoms with van der Waals surface area (Å²) in [7, 11) is 0. The van der Waals surface area contributed by atoms with Gasteiger partial charge < -0.3 is 5.32 Å². The van der Waals surface area contributed by atoms with Gasteiger partial charge in [0, 0.05) is 11.4 Å². The molecule has 0 saturated carbocycles. The Labute approximate surface area is 106 Å². The van der Waals surface area contributed by atoms with Crippen molar-refractivity contribution in [2.75, 3.05) is 0 Å². The van der Waals surface area contributed by atoms with Crippen LogP contribution >= 0.6 is 34.1 Å². The molecule has 0 aliphatic rings. The topological polar surface area (TPSA) is 65.8 Å². The molecule has 1 N–H and O–H groups in total. The third-order valence-electron chi connectivity index (χ3n) is 1.91. The number of aromatic nitrogens is 1. The molecule has 0 bridgehead atoms. The summed E-state index contributed by atoms with van der Waals surface area (Å²) < 4.78 is 4.85. The molecular formula is C9H10IN3OS. The largest absolute Gasteiger partial charge is 0.347 e. The summed E-state index contributed by atoms with van der Waals surface area (Å²) in [6.07, 6.45) is 1.09. The number of nitrogens with zero attached hydrogens (tertiary/aromatic N) is 2. The second-order valence-corrected chi connectivity index (χ2v) is 4.74. The minimum Gasteiger partial charge on any atom is -0.347 e. The van der Waals surface area contributed by atoms with Gasteiger partial charge in [-0.2, -0.15) is 9.64 Å². The molecule has 0 aliphatic heterocycles. The maximum atomic E-state index is 11.7. The summed E-state index contributed by atoms with van der Waals surface area (Å²) in [4.78, 5) is 11.7. The number of rotatable bonds is 4. The van der Waals surface area contributed by atoms with E-state index in [9.17, 15) is 4.79 Å². The van der Waals surface area contributed by atoms with Crippen molar-refractivity contribution in [2.24, 2.45) is 0 Å². The van der Waals surface area contributed by atoms with Gasteiger partial charge in [0.25, 0.3) is 5.91 Å². The van der Waals surface area contributed by atoms with Gasteiger partial charge in [-0.15, -0.1) is 0 Å². The lowest BCUT2D eigenvalue weighted by atomic mass is 10.1. The minimum absolute atomic E-state index is 0.0833. The lowest BCUT2D eigenvalue weighted by Crippen LogP contribution is -2.34. The van der Waals surface area contributed by atoms with Gasteiger partial charge in [-0.3, -0.25) is 4.79 Å². The van der Waals surface area contributed by atoms with Crippen LogP contribution < -0.4 is 5.32 Å². The highest BCUT2D eigenvalue weighted by atomic mass is 127. The number of carbonyl (C=O) groups excluding carboxylic acids is 1. The predicted octanol–water partition coefficient (Wildman–Crippen LogP) is 2.17. The fraction of sp³-hybridized carbons (Fsp3) is 0.444. The van der Waals surface area contributed by atoms with Gasteiger partial charge in [0.05, 0.1) is 16.1 Å². The Kier molecular flexibility index (Phi) is 4.98. The summed E-state index contributed by atoms with van der Waals surface area (Å²) in [5.41, 5.74) is 0.456. The molecule has 0 aromatic carbocycles. The average molecular weight is 335 g/mol. The number of nitriles is 1. The number of amides is 1. The third-order valence-corrected chi connectivity index (χ3v) is 3.78. The first-order valence-electron chi connectivity index (χ1n) is 4.46. The van der Waals surface area contributed by atoms with Crippen molar-refractivity contribution in [1.29, 1.82) is 5.26 Å². The molecule has 1 rings (SSSR count). The first kappa shape index (κ1) is 12.4. The van der Waals surface area contributed by atoms with Crippen molar-refractivity contribution >= 4 is 40.0 Å². The van der Waals surface area contributed by atoms with Crippen LogP contribution in [0.3, 0.4) is 0 Å². The zero-order chi connectivity index (χ0) is 11.3. The molecule has 1 amide bonds. The summed E-state index contributed by atoms with van der Waals surface area (Å²) in [5.74, 6) is -0.192. The number of carbonyl (C=O) groups is 1. The van der Waals surface area contributed by atoms with Crippen LogP contribution in [-0.2, 0) is 0 Å². The molecule has 4 nitrogen and oxygen atoms in total. The van der Waals surface area contributed by atoms with Crippen molar-refractivity contribution < 1.29 is 4.79 Å². The molecule has 1 atom stereocenters. The maximum Gasteiger partial charge on any atom is 0.272 e. The Balaban J connectivity index is 2.63. The Morgan fingerprint density at radius 1 is 1.87 bits per heavy atom. The van der Waals surface area contributed by atoms with E-state index in [4.69, 9.17) is 5.26 Å².